The minimum absolute atomic E-state index is 0.0737. The van der Waals surface area contributed by atoms with Gasteiger partial charge >= 0.3 is 0 Å². The summed E-state index contributed by atoms with van der Waals surface area (Å²) in [6, 6.07) is 17.5. The summed E-state index contributed by atoms with van der Waals surface area (Å²) in [6.07, 6.45) is 4.61. The van der Waals surface area contributed by atoms with E-state index in [1.54, 1.807) is 0 Å². The van der Waals surface area contributed by atoms with Crippen LogP contribution in [-0.2, 0) is 16.0 Å². The molecule has 0 spiro atoms. The van der Waals surface area contributed by atoms with Crippen molar-refractivity contribution in [3.63, 3.8) is 0 Å². The second-order valence-electron chi connectivity index (χ2n) is 8.67. The molecular formula is C25H28N4O2. The van der Waals surface area contributed by atoms with Crippen molar-refractivity contribution < 1.29 is 9.59 Å². The average molecular weight is 417 g/mol. The molecule has 1 aliphatic carbocycles. The predicted molar refractivity (Wildman–Crippen MR) is 119 cm³/mol. The van der Waals surface area contributed by atoms with Crippen LogP contribution >= 0.6 is 0 Å². The molecule has 1 saturated carbocycles. The highest BCUT2D eigenvalue weighted by Crippen LogP contribution is 2.31. The average Bonchev–Trinajstić information content (AvgIpc) is 3.49. The van der Waals surface area contributed by atoms with Gasteiger partial charge in [0.15, 0.2) is 0 Å². The van der Waals surface area contributed by atoms with E-state index in [0.29, 0.717) is 26.1 Å². The monoisotopic (exact) mass is 416 g/mol. The Hall–Kier alpha value is -3.15. The number of hydrogen-bond donors (Lipinski definition) is 1. The van der Waals surface area contributed by atoms with E-state index in [2.05, 4.69) is 4.98 Å². The molecule has 2 aromatic carbocycles. The van der Waals surface area contributed by atoms with Crippen molar-refractivity contribution in [3.05, 3.63) is 66.0 Å². The van der Waals surface area contributed by atoms with Crippen LogP contribution in [0.25, 0.3) is 11.0 Å². The first-order valence-corrected chi connectivity index (χ1v) is 11.3. The number of nitrogens with zero attached hydrogens (tertiary/aromatic N) is 3. The fourth-order valence-electron chi connectivity index (χ4n) is 4.95. The minimum atomic E-state index is -0.261. The fourth-order valence-corrected chi connectivity index (χ4v) is 4.95. The Labute approximate surface area is 182 Å². The van der Waals surface area contributed by atoms with E-state index in [9.17, 15) is 9.59 Å². The van der Waals surface area contributed by atoms with Gasteiger partial charge in [0.05, 0.1) is 17.5 Å². The van der Waals surface area contributed by atoms with Crippen LogP contribution in [0.3, 0.4) is 0 Å². The van der Waals surface area contributed by atoms with Gasteiger partial charge in [-0.3, -0.25) is 9.59 Å². The number of carbonyl (C=O) groups is 2. The number of imidazole rings is 1. The van der Waals surface area contributed by atoms with Crippen molar-refractivity contribution in [1.29, 1.82) is 0 Å². The Balaban J connectivity index is 1.42. The van der Waals surface area contributed by atoms with Gasteiger partial charge in [-0.15, -0.1) is 0 Å². The summed E-state index contributed by atoms with van der Waals surface area (Å²) >= 11 is 0. The van der Waals surface area contributed by atoms with E-state index in [1.807, 2.05) is 64.4 Å². The molecule has 0 radical (unpaired) electrons. The first kappa shape index (κ1) is 19.8. The van der Waals surface area contributed by atoms with Crippen LogP contribution in [0.2, 0.25) is 0 Å². The van der Waals surface area contributed by atoms with Crippen LogP contribution in [0.5, 0.6) is 0 Å². The van der Waals surface area contributed by atoms with E-state index in [0.717, 1.165) is 48.1 Å². The van der Waals surface area contributed by atoms with Crippen molar-refractivity contribution in [2.75, 3.05) is 19.6 Å². The normalized spacial score (nSPS) is 19.8. The van der Waals surface area contributed by atoms with E-state index in [1.165, 1.54) is 0 Å². The minimum Gasteiger partial charge on any atom is -0.340 e. The highest BCUT2D eigenvalue weighted by Gasteiger charge is 2.37. The van der Waals surface area contributed by atoms with Gasteiger partial charge in [-0.25, -0.2) is 4.98 Å². The summed E-state index contributed by atoms with van der Waals surface area (Å²) in [5.74, 6) is 1.22. The highest BCUT2D eigenvalue weighted by molar-refractivity contribution is 5.82. The number of para-hydroxylation sites is 2. The molecule has 1 atom stereocenters. The number of fused-ring (bicyclic) bond motifs is 1. The molecule has 1 aromatic heterocycles. The number of aromatic nitrogens is 2. The van der Waals surface area contributed by atoms with E-state index in [-0.39, 0.29) is 23.8 Å². The molecule has 1 aliphatic heterocycles. The maximum atomic E-state index is 13.3. The van der Waals surface area contributed by atoms with E-state index in [4.69, 9.17) is 4.98 Å². The quantitative estimate of drug-likeness (QED) is 0.705. The number of amides is 2. The third-order valence-corrected chi connectivity index (χ3v) is 6.64. The largest absolute Gasteiger partial charge is 0.340 e. The lowest BCUT2D eigenvalue weighted by molar-refractivity contribution is -0.145. The number of benzene rings is 2. The van der Waals surface area contributed by atoms with Gasteiger partial charge in [0.2, 0.25) is 11.8 Å². The fraction of sp³-hybridized carbons (Fsp3) is 0.400. The lowest BCUT2D eigenvalue weighted by Crippen LogP contribution is -2.54. The molecule has 2 amide bonds. The molecule has 1 unspecified atom stereocenters. The van der Waals surface area contributed by atoms with Crippen molar-refractivity contribution in [3.8, 4) is 0 Å². The van der Waals surface area contributed by atoms with Crippen LogP contribution in [0, 0.1) is 5.92 Å². The first-order chi connectivity index (χ1) is 15.2. The van der Waals surface area contributed by atoms with Gasteiger partial charge in [0.1, 0.15) is 11.9 Å². The maximum absolute atomic E-state index is 13.3. The summed E-state index contributed by atoms with van der Waals surface area (Å²) in [4.78, 5) is 38.4. The summed E-state index contributed by atoms with van der Waals surface area (Å²) in [6.45, 7) is 1.62. The van der Waals surface area contributed by atoms with Crippen molar-refractivity contribution in [2.45, 2.75) is 38.1 Å². The van der Waals surface area contributed by atoms with Gasteiger partial charge in [-0.1, -0.05) is 55.3 Å². The zero-order valence-corrected chi connectivity index (χ0v) is 17.7. The molecule has 0 bridgehead atoms. The molecule has 31 heavy (non-hydrogen) atoms. The molecule has 3 aromatic rings. The Morgan fingerprint density at radius 2 is 1.71 bits per heavy atom. The third-order valence-electron chi connectivity index (χ3n) is 6.64. The van der Waals surface area contributed by atoms with Gasteiger partial charge in [-0.2, -0.15) is 0 Å². The Morgan fingerprint density at radius 1 is 0.968 bits per heavy atom. The number of piperazine rings is 1. The number of aromatic amines is 1. The lowest BCUT2D eigenvalue weighted by atomic mass is 10.0. The Bertz CT molecular complexity index is 1040. The van der Waals surface area contributed by atoms with Crippen molar-refractivity contribution >= 4 is 22.8 Å². The molecule has 160 valence electrons. The zero-order valence-electron chi connectivity index (χ0n) is 17.7. The van der Waals surface area contributed by atoms with E-state index < -0.39 is 0 Å². The van der Waals surface area contributed by atoms with Crippen LogP contribution in [-0.4, -0.2) is 51.2 Å². The number of nitrogens with one attached hydrogen (secondary N) is 1. The number of carbonyl (C=O) groups excluding carboxylic acids is 2. The molecular weight excluding hydrogens is 388 g/mol. The van der Waals surface area contributed by atoms with Crippen LogP contribution in [0.1, 0.15) is 43.1 Å². The SMILES string of the molecule is O=C(C1CCCC1)N1CCN(C(=O)Cc2ccccc2)C(c2nc3ccccc3[nH]2)C1. The molecule has 6 heteroatoms. The summed E-state index contributed by atoms with van der Waals surface area (Å²) < 4.78 is 0. The zero-order chi connectivity index (χ0) is 21.2. The topological polar surface area (TPSA) is 69.3 Å². The maximum Gasteiger partial charge on any atom is 0.227 e. The molecule has 2 fully saturated rings. The molecule has 5 rings (SSSR count). The molecule has 1 saturated heterocycles. The first-order valence-electron chi connectivity index (χ1n) is 11.3. The van der Waals surface area contributed by atoms with Gasteiger partial charge < -0.3 is 14.8 Å². The van der Waals surface area contributed by atoms with Crippen LogP contribution < -0.4 is 0 Å². The van der Waals surface area contributed by atoms with Crippen LogP contribution in [0.4, 0.5) is 0 Å². The van der Waals surface area contributed by atoms with E-state index >= 15 is 0 Å². The number of hydrogen-bond acceptors (Lipinski definition) is 3. The van der Waals surface area contributed by atoms with Crippen molar-refractivity contribution in [1.82, 2.24) is 19.8 Å². The van der Waals surface area contributed by atoms with Gasteiger partial charge in [0, 0.05) is 25.6 Å². The molecule has 2 heterocycles. The van der Waals surface area contributed by atoms with Gasteiger partial charge in [-0.05, 0) is 30.5 Å². The highest BCUT2D eigenvalue weighted by atomic mass is 16.2. The van der Waals surface area contributed by atoms with Gasteiger partial charge in [0.25, 0.3) is 0 Å². The number of H-pyrrole nitrogens is 1. The third kappa shape index (κ3) is 4.07. The summed E-state index contributed by atoms with van der Waals surface area (Å²) in [7, 11) is 0. The lowest BCUT2D eigenvalue weighted by Gasteiger charge is -2.41. The molecule has 6 nitrogen and oxygen atoms in total. The standard InChI is InChI=1S/C25H28N4O2/c30-23(16-18-8-2-1-3-9-18)29-15-14-28(25(31)19-10-4-5-11-19)17-22(29)24-26-20-12-6-7-13-21(20)27-24/h1-3,6-9,12-13,19,22H,4-5,10-11,14-17H2,(H,26,27). The Kier molecular flexibility index (Phi) is 5.45. The second kappa shape index (κ2) is 8.53. The second-order valence-corrected chi connectivity index (χ2v) is 8.67. The summed E-state index contributed by atoms with van der Waals surface area (Å²) in [5.41, 5.74) is 2.83. The van der Waals surface area contributed by atoms with Crippen molar-refractivity contribution in [2.24, 2.45) is 5.92 Å². The number of rotatable bonds is 4. The molecule has 1 N–H and O–H groups in total. The van der Waals surface area contributed by atoms with Crippen LogP contribution in [0.15, 0.2) is 54.6 Å². The Morgan fingerprint density at radius 3 is 2.48 bits per heavy atom. The molecule has 2 aliphatic rings. The summed E-state index contributed by atoms with van der Waals surface area (Å²) in [5, 5.41) is 0. The predicted octanol–water partition coefficient (Wildman–Crippen LogP) is 3.71. The smallest absolute Gasteiger partial charge is 0.227 e.